The van der Waals surface area contributed by atoms with Gasteiger partial charge in [0.25, 0.3) is 5.91 Å². The molecule has 2 aromatic carbocycles. The van der Waals surface area contributed by atoms with E-state index in [9.17, 15) is 4.79 Å². The predicted molar refractivity (Wildman–Crippen MR) is 112 cm³/mol. The number of nitrogens with two attached hydrogens (primary N) is 1. The van der Waals surface area contributed by atoms with E-state index >= 15 is 0 Å². The van der Waals surface area contributed by atoms with E-state index < -0.39 is 0 Å². The zero-order chi connectivity index (χ0) is 16.8. The smallest absolute Gasteiger partial charge is 0.251 e. The Balaban J connectivity index is 0.00000169. The van der Waals surface area contributed by atoms with E-state index in [0.717, 1.165) is 39.0 Å². The van der Waals surface area contributed by atoms with Gasteiger partial charge in [-0.2, -0.15) is 0 Å². The summed E-state index contributed by atoms with van der Waals surface area (Å²) in [6, 6.07) is 17.7. The Morgan fingerprint density at radius 3 is 2.38 bits per heavy atom. The molecule has 0 spiro atoms. The third-order valence-electron chi connectivity index (χ3n) is 4.66. The quantitative estimate of drug-likeness (QED) is 0.757. The third kappa shape index (κ3) is 6.52. The number of nitrogens with zero attached hydrogens (tertiary/aromatic N) is 1. The van der Waals surface area contributed by atoms with Gasteiger partial charge in [-0.3, -0.25) is 9.69 Å². The van der Waals surface area contributed by atoms with E-state index in [0.29, 0.717) is 17.2 Å². The molecule has 3 N–H and O–H groups in total. The number of benzene rings is 2. The van der Waals surface area contributed by atoms with Crippen LogP contribution in [0.5, 0.6) is 0 Å². The minimum absolute atomic E-state index is 0. The summed E-state index contributed by atoms with van der Waals surface area (Å²) in [6.07, 6.45) is 2.26. The second-order valence-corrected chi connectivity index (χ2v) is 6.54. The third-order valence-corrected chi connectivity index (χ3v) is 4.66. The number of anilines is 1. The fraction of sp³-hybridized carbons (Fsp3) is 0.350. The summed E-state index contributed by atoms with van der Waals surface area (Å²) in [4.78, 5) is 14.7. The lowest BCUT2D eigenvalue weighted by molar-refractivity contribution is 0.0935. The molecule has 1 fully saturated rings. The van der Waals surface area contributed by atoms with E-state index in [1.807, 2.05) is 6.07 Å². The largest absolute Gasteiger partial charge is 0.399 e. The van der Waals surface area contributed by atoms with E-state index in [1.165, 1.54) is 5.56 Å². The predicted octanol–water partition coefficient (Wildman–Crippen LogP) is 3.75. The summed E-state index contributed by atoms with van der Waals surface area (Å²) < 4.78 is 0. The topological polar surface area (TPSA) is 58.4 Å². The molecule has 0 aromatic heterocycles. The van der Waals surface area contributed by atoms with Crippen molar-refractivity contribution < 1.29 is 4.79 Å². The molecule has 4 nitrogen and oxygen atoms in total. The minimum atomic E-state index is -0.0333. The van der Waals surface area contributed by atoms with Crippen molar-refractivity contribution in [2.24, 2.45) is 5.92 Å². The Labute approximate surface area is 168 Å². The van der Waals surface area contributed by atoms with Crippen LogP contribution in [-0.2, 0) is 6.54 Å². The van der Waals surface area contributed by atoms with Crippen molar-refractivity contribution in [3.8, 4) is 0 Å². The SMILES string of the molecule is Cl.Cl.Nc1cccc(C(=O)NCC2CCN(Cc3ccccc3)CC2)c1. The highest BCUT2D eigenvalue weighted by Gasteiger charge is 2.20. The number of nitrogen functional groups attached to an aromatic ring is 1. The molecule has 1 aliphatic heterocycles. The zero-order valence-corrected chi connectivity index (χ0v) is 16.4. The Bertz CT molecular complexity index is 674. The van der Waals surface area contributed by atoms with Gasteiger partial charge < -0.3 is 11.1 Å². The summed E-state index contributed by atoms with van der Waals surface area (Å²) in [5.74, 6) is 0.524. The number of carbonyl (C=O) groups excluding carboxylic acids is 1. The highest BCUT2D eigenvalue weighted by Crippen LogP contribution is 2.18. The van der Waals surface area contributed by atoms with Crippen LogP contribution >= 0.6 is 24.8 Å². The maximum absolute atomic E-state index is 12.2. The number of amides is 1. The first-order valence-electron chi connectivity index (χ1n) is 8.61. The van der Waals surface area contributed by atoms with Crippen LogP contribution in [-0.4, -0.2) is 30.4 Å². The van der Waals surface area contributed by atoms with Crippen molar-refractivity contribution in [3.63, 3.8) is 0 Å². The summed E-state index contributed by atoms with van der Waals surface area (Å²) >= 11 is 0. The van der Waals surface area contributed by atoms with E-state index in [1.54, 1.807) is 18.2 Å². The Hall–Kier alpha value is -1.75. The van der Waals surface area contributed by atoms with Crippen LogP contribution in [0, 0.1) is 5.92 Å². The second kappa shape index (κ2) is 11.1. The molecular formula is C20H27Cl2N3O. The van der Waals surface area contributed by atoms with Gasteiger partial charge in [0.2, 0.25) is 0 Å². The van der Waals surface area contributed by atoms with Crippen LogP contribution in [0.25, 0.3) is 0 Å². The van der Waals surface area contributed by atoms with Gasteiger partial charge in [-0.05, 0) is 55.6 Å². The molecule has 0 unspecified atom stereocenters. The molecule has 1 aliphatic rings. The fourth-order valence-electron chi connectivity index (χ4n) is 3.21. The van der Waals surface area contributed by atoms with Gasteiger partial charge in [-0.15, -0.1) is 24.8 Å². The maximum Gasteiger partial charge on any atom is 0.251 e. The number of piperidine rings is 1. The van der Waals surface area contributed by atoms with Crippen LogP contribution in [0.2, 0.25) is 0 Å². The molecule has 1 amide bonds. The molecule has 0 bridgehead atoms. The zero-order valence-electron chi connectivity index (χ0n) is 14.8. The molecule has 1 heterocycles. The second-order valence-electron chi connectivity index (χ2n) is 6.54. The average molecular weight is 396 g/mol. The molecule has 3 rings (SSSR count). The Morgan fingerprint density at radius 1 is 1.04 bits per heavy atom. The van der Waals surface area contributed by atoms with Gasteiger partial charge in [0, 0.05) is 24.3 Å². The summed E-state index contributed by atoms with van der Waals surface area (Å²) in [5.41, 5.74) is 8.35. The van der Waals surface area contributed by atoms with Crippen LogP contribution in [0.3, 0.4) is 0 Å². The van der Waals surface area contributed by atoms with Gasteiger partial charge in [-0.1, -0.05) is 36.4 Å². The van der Waals surface area contributed by atoms with E-state index in [-0.39, 0.29) is 30.7 Å². The summed E-state index contributed by atoms with van der Waals surface area (Å²) in [6.45, 7) is 3.94. The minimum Gasteiger partial charge on any atom is -0.399 e. The molecule has 0 radical (unpaired) electrons. The first kappa shape index (κ1) is 22.3. The number of nitrogens with one attached hydrogen (secondary N) is 1. The maximum atomic E-state index is 12.2. The van der Waals surface area contributed by atoms with Gasteiger partial charge in [0.1, 0.15) is 0 Å². The van der Waals surface area contributed by atoms with Crippen LogP contribution in [0.15, 0.2) is 54.6 Å². The van der Waals surface area contributed by atoms with Crippen molar-refractivity contribution in [3.05, 3.63) is 65.7 Å². The van der Waals surface area contributed by atoms with Crippen molar-refractivity contribution >= 4 is 36.4 Å². The molecule has 1 saturated heterocycles. The highest BCUT2D eigenvalue weighted by atomic mass is 35.5. The molecule has 6 heteroatoms. The van der Waals surface area contributed by atoms with Gasteiger partial charge in [0.15, 0.2) is 0 Å². The lowest BCUT2D eigenvalue weighted by atomic mass is 9.96. The molecule has 142 valence electrons. The summed E-state index contributed by atoms with van der Waals surface area (Å²) in [5, 5.41) is 3.05. The van der Waals surface area contributed by atoms with Gasteiger partial charge >= 0.3 is 0 Å². The van der Waals surface area contributed by atoms with E-state index in [4.69, 9.17) is 5.73 Å². The van der Waals surface area contributed by atoms with E-state index in [2.05, 4.69) is 40.5 Å². The highest BCUT2D eigenvalue weighted by molar-refractivity contribution is 5.94. The number of likely N-dealkylation sites (tertiary alicyclic amines) is 1. The number of hydrogen-bond acceptors (Lipinski definition) is 3. The van der Waals surface area contributed by atoms with Crippen LogP contribution < -0.4 is 11.1 Å². The fourth-order valence-corrected chi connectivity index (χ4v) is 3.21. The van der Waals surface area contributed by atoms with Crippen molar-refractivity contribution in [2.45, 2.75) is 19.4 Å². The monoisotopic (exact) mass is 395 g/mol. The number of hydrogen-bond donors (Lipinski definition) is 2. The molecule has 0 atom stereocenters. The Kier molecular flexibility index (Phi) is 9.49. The van der Waals surface area contributed by atoms with Crippen molar-refractivity contribution in [2.75, 3.05) is 25.4 Å². The molecule has 0 aliphatic carbocycles. The Morgan fingerprint density at radius 2 is 1.73 bits per heavy atom. The standard InChI is InChI=1S/C20H25N3O.2ClH/c21-19-8-4-7-18(13-19)20(24)22-14-16-9-11-23(12-10-16)15-17-5-2-1-3-6-17;;/h1-8,13,16H,9-12,14-15,21H2,(H,22,24);2*1H. The summed E-state index contributed by atoms with van der Waals surface area (Å²) in [7, 11) is 0. The molecule has 26 heavy (non-hydrogen) atoms. The lowest BCUT2D eigenvalue weighted by Crippen LogP contribution is -2.38. The lowest BCUT2D eigenvalue weighted by Gasteiger charge is -2.32. The van der Waals surface area contributed by atoms with Crippen molar-refractivity contribution in [1.82, 2.24) is 10.2 Å². The molecule has 2 aromatic rings. The molecule has 0 saturated carbocycles. The van der Waals surface area contributed by atoms with Crippen LogP contribution in [0.1, 0.15) is 28.8 Å². The van der Waals surface area contributed by atoms with Gasteiger partial charge in [-0.25, -0.2) is 0 Å². The normalized spacial score (nSPS) is 14.8. The average Bonchev–Trinajstić information content (AvgIpc) is 2.62. The van der Waals surface area contributed by atoms with Gasteiger partial charge in [0.05, 0.1) is 0 Å². The number of rotatable bonds is 5. The number of halogens is 2. The first-order chi connectivity index (χ1) is 11.7. The van der Waals surface area contributed by atoms with Crippen molar-refractivity contribution in [1.29, 1.82) is 0 Å². The number of carbonyl (C=O) groups is 1. The molecular weight excluding hydrogens is 369 g/mol. The first-order valence-corrected chi connectivity index (χ1v) is 8.61. The van der Waals surface area contributed by atoms with Crippen LogP contribution in [0.4, 0.5) is 5.69 Å².